The summed E-state index contributed by atoms with van der Waals surface area (Å²) in [4.78, 5) is 12.4. The summed E-state index contributed by atoms with van der Waals surface area (Å²) in [6, 6.07) is 4.17. The van der Waals surface area contributed by atoms with Crippen LogP contribution >= 0.6 is 0 Å². The maximum atomic E-state index is 12.4. The molecule has 0 radical (unpaired) electrons. The molecule has 0 saturated carbocycles. The molecule has 3 nitrogen and oxygen atoms in total. The van der Waals surface area contributed by atoms with E-state index in [9.17, 15) is 4.79 Å². The van der Waals surface area contributed by atoms with E-state index in [2.05, 4.69) is 25.2 Å². The van der Waals surface area contributed by atoms with Crippen LogP contribution in [0.3, 0.4) is 0 Å². The highest BCUT2D eigenvalue weighted by Crippen LogP contribution is 2.26. The van der Waals surface area contributed by atoms with Gasteiger partial charge in [-0.05, 0) is 45.9 Å². The van der Waals surface area contributed by atoms with Crippen molar-refractivity contribution in [3.05, 3.63) is 44.8 Å². The summed E-state index contributed by atoms with van der Waals surface area (Å²) in [5.74, 6) is 0.700. The molecule has 0 saturated heterocycles. The molecule has 1 N–H and O–H groups in total. The predicted molar refractivity (Wildman–Crippen MR) is 90.1 cm³/mol. The fourth-order valence-electron chi connectivity index (χ4n) is 2.41. The zero-order valence-corrected chi connectivity index (χ0v) is 14.3. The van der Waals surface area contributed by atoms with Gasteiger partial charge in [-0.1, -0.05) is 26.8 Å². The van der Waals surface area contributed by atoms with Crippen LogP contribution in [0.15, 0.2) is 21.3 Å². The predicted octanol–water partition coefficient (Wildman–Crippen LogP) is 4.41. The van der Waals surface area contributed by atoms with Gasteiger partial charge in [-0.25, -0.2) is 0 Å². The Balaban J connectivity index is 0.00000106. The van der Waals surface area contributed by atoms with Gasteiger partial charge in [0.25, 0.3) is 0 Å². The van der Waals surface area contributed by atoms with E-state index in [0.29, 0.717) is 22.3 Å². The molecular formula is C18H27NO2. The molecule has 0 aliphatic carbocycles. The number of hydrogen-bond donors (Lipinski definition) is 1. The summed E-state index contributed by atoms with van der Waals surface area (Å²) in [5, 5.41) is 4.06. The fourth-order valence-corrected chi connectivity index (χ4v) is 2.41. The lowest BCUT2D eigenvalue weighted by Crippen LogP contribution is -2.19. The highest BCUT2D eigenvalue weighted by Gasteiger charge is 2.15. The normalized spacial score (nSPS) is 12.0. The van der Waals surface area contributed by atoms with Crippen molar-refractivity contribution in [2.75, 3.05) is 6.54 Å². The highest BCUT2D eigenvalue weighted by molar-refractivity contribution is 5.81. The SMILES string of the molecule is CC.CCNC(C)c1cc(C)cc2c(=O)c(C)c(C)oc12. The number of fused-ring (bicyclic) bond motifs is 1. The quantitative estimate of drug-likeness (QED) is 0.909. The first-order valence-corrected chi connectivity index (χ1v) is 7.73. The van der Waals surface area contributed by atoms with Crippen LogP contribution in [-0.4, -0.2) is 6.54 Å². The lowest BCUT2D eigenvalue weighted by molar-refractivity contribution is 0.537. The van der Waals surface area contributed by atoms with E-state index in [4.69, 9.17) is 4.42 Å². The first-order chi connectivity index (χ1) is 9.95. The van der Waals surface area contributed by atoms with E-state index >= 15 is 0 Å². The fraction of sp³-hybridized carbons (Fsp3) is 0.500. The van der Waals surface area contributed by atoms with Crippen molar-refractivity contribution < 1.29 is 4.42 Å². The van der Waals surface area contributed by atoms with Gasteiger partial charge in [0.15, 0.2) is 5.43 Å². The maximum Gasteiger partial charge on any atom is 0.195 e. The van der Waals surface area contributed by atoms with Gasteiger partial charge in [0.1, 0.15) is 11.3 Å². The molecule has 3 heteroatoms. The lowest BCUT2D eigenvalue weighted by Gasteiger charge is -2.16. The van der Waals surface area contributed by atoms with Crippen LogP contribution in [0.4, 0.5) is 0 Å². The monoisotopic (exact) mass is 289 g/mol. The molecule has 0 aliphatic heterocycles. The zero-order valence-electron chi connectivity index (χ0n) is 14.3. The lowest BCUT2D eigenvalue weighted by atomic mass is 10.0. The number of nitrogens with one attached hydrogen (secondary N) is 1. The Bertz CT molecular complexity index is 671. The Morgan fingerprint density at radius 3 is 2.38 bits per heavy atom. The molecule has 0 amide bonds. The van der Waals surface area contributed by atoms with Crippen molar-refractivity contribution in [3.63, 3.8) is 0 Å². The van der Waals surface area contributed by atoms with Crippen LogP contribution in [0.5, 0.6) is 0 Å². The van der Waals surface area contributed by atoms with E-state index in [1.165, 1.54) is 0 Å². The second kappa shape index (κ2) is 7.41. The van der Waals surface area contributed by atoms with Crippen molar-refractivity contribution in [1.82, 2.24) is 5.32 Å². The average Bonchev–Trinajstić information content (AvgIpc) is 2.47. The van der Waals surface area contributed by atoms with Crippen LogP contribution in [-0.2, 0) is 0 Å². The number of hydrogen-bond acceptors (Lipinski definition) is 3. The summed E-state index contributed by atoms with van der Waals surface area (Å²) >= 11 is 0. The second-order valence-electron chi connectivity index (χ2n) is 5.12. The van der Waals surface area contributed by atoms with Gasteiger partial charge in [-0.3, -0.25) is 4.79 Å². The summed E-state index contributed by atoms with van der Waals surface area (Å²) in [6.07, 6.45) is 0. The average molecular weight is 289 g/mol. The van der Waals surface area contributed by atoms with Crippen molar-refractivity contribution >= 4 is 11.0 Å². The Kier molecular flexibility index (Phi) is 6.16. The van der Waals surface area contributed by atoms with Gasteiger partial charge in [0, 0.05) is 17.2 Å². The molecule has 116 valence electrons. The molecule has 1 unspecified atom stereocenters. The zero-order chi connectivity index (χ0) is 16.2. The Hall–Kier alpha value is -1.61. The Morgan fingerprint density at radius 1 is 1.19 bits per heavy atom. The molecule has 1 aromatic carbocycles. The van der Waals surface area contributed by atoms with Gasteiger partial charge in [-0.2, -0.15) is 0 Å². The summed E-state index contributed by atoms with van der Waals surface area (Å²) < 4.78 is 5.89. The molecular weight excluding hydrogens is 262 g/mol. The minimum Gasteiger partial charge on any atom is -0.460 e. The van der Waals surface area contributed by atoms with Crippen LogP contribution in [0.25, 0.3) is 11.0 Å². The van der Waals surface area contributed by atoms with Gasteiger partial charge in [0.05, 0.1) is 5.39 Å². The standard InChI is InChI=1S/C16H21NO2.C2H6/c1-6-17-11(4)13-7-9(2)8-14-15(18)10(3)12(5)19-16(13)14;1-2/h7-8,11,17H,6H2,1-5H3;1-2H3. The molecule has 0 spiro atoms. The van der Waals surface area contributed by atoms with Crippen LogP contribution in [0.2, 0.25) is 0 Å². The molecule has 1 atom stereocenters. The van der Waals surface area contributed by atoms with Crippen molar-refractivity contribution in [2.24, 2.45) is 0 Å². The number of rotatable bonds is 3. The third-order valence-electron chi connectivity index (χ3n) is 3.61. The highest BCUT2D eigenvalue weighted by atomic mass is 16.3. The third kappa shape index (κ3) is 3.53. The molecule has 2 rings (SSSR count). The van der Waals surface area contributed by atoms with Gasteiger partial charge in [-0.15, -0.1) is 0 Å². The van der Waals surface area contributed by atoms with E-state index in [1.54, 1.807) is 0 Å². The summed E-state index contributed by atoms with van der Waals surface area (Å²) in [7, 11) is 0. The minimum atomic E-state index is 0.0763. The maximum absolute atomic E-state index is 12.4. The van der Waals surface area contributed by atoms with Crippen molar-refractivity contribution in [3.8, 4) is 0 Å². The smallest absolute Gasteiger partial charge is 0.195 e. The van der Waals surface area contributed by atoms with Gasteiger partial charge in [0.2, 0.25) is 0 Å². The molecule has 0 aliphatic rings. The molecule has 1 heterocycles. The van der Waals surface area contributed by atoms with Crippen molar-refractivity contribution in [1.29, 1.82) is 0 Å². The Morgan fingerprint density at radius 2 is 1.81 bits per heavy atom. The topological polar surface area (TPSA) is 42.2 Å². The third-order valence-corrected chi connectivity index (χ3v) is 3.61. The van der Waals surface area contributed by atoms with Crippen LogP contribution in [0.1, 0.15) is 56.2 Å². The first-order valence-electron chi connectivity index (χ1n) is 7.73. The molecule has 2 aromatic rings. The minimum absolute atomic E-state index is 0.0763. The van der Waals surface area contributed by atoms with E-state index in [1.807, 2.05) is 40.7 Å². The van der Waals surface area contributed by atoms with Gasteiger partial charge < -0.3 is 9.73 Å². The van der Waals surface area contributed by atoms with Crippen LogP contribution in [0, 0.1) is 20.8 Å². The number of aryl methyl sites for hydroxylation is 2. The second-order valence-corrected chi connectivity index (χ2v) is 5.12. The van der Waals surface area contributed by atoms with E-state index in [-0.39, 0.29) is 11.5 Å². The molecule has 0 fully saturated rings. The summed E-state index contributed by atoms with van der Waals surface area (Å²) in [6.45, 7) is 14.7. The molecule has 1 aromatic heterocycles. The first kappa shape index (κ1) is 17.4. The number of benzene rings is 1. The van der Waals surface area contributed by atoms with Crippen molar-refractivity contribution in [2.45, 2.75) is 54.5 Å². The van der Waals surface area contributed by atoms with E-state index in [0.717, 1.165) is 17.7 Å². The largest absolute Gasteiger partial charge is 0.460 e. The summed E-state index contributed by atoms with van der Waals surface area (Å²) in [5.41, 5.74) is 3.62. The van der Waals surface area contributed by atoms with E-state index < -0.39 is 0 Å². The molecule has 21 heavy (non-hydrogen) atoms. The Labute approximate surface area is 127 Å². The molecule has 0 bridgehead atoms. The van der Waals surface area contributed by atoms with Crippen LogP contribution < -0.4 is 10.7 Å². The van der Waals surface area contributed by atoms with Gasteiger partial charge >= 0.3 is 0 Å².